The summed E-state index contributed by atoms with van der Waals surface area (Å²) in [5.41, 5.74) is 5.83. The van der Waals surface area contributed by atoms with Gasteiger partial charge in [-0.25, -0.2) is 0 Å². The molecule has 1 N–H and O–H groups in total. The Morgan fingerprint density at radius 1 is 1.05 bits per heavy atom. The zero-order valence-corrected chi connectivity index (χ0v) is 12.8. The molecule has 1 nitrogen and oxygen atoms in total. The summed E-state index contributed by atoms with van der Waals surface area (Å²) in [7, 11) is 0. The van der Waals surface area contributed by atoms with E-state index in [2.05, 4.69) is 37.3 Å². The van der Waals surface area contributed by atoms with Crippen LogP contribution in [-0.2, 0) is 12.8 Å². The molecule has 0 aromatic heterocycles. The van der Waals surface area contributed by atoms with Crippen LogP contribution in [0, 0.1) is 12.3 Å². The summed E-state index contributed by atoms with van der Waals surface area (Å²) in [6.45, 7) is 4.12. The van der Waals surface area contributed by atoms with Gasteiger partial charge < -0.3 is 5.41 Å². The molecule has 2 aromatic rings. The van der Waals surface area contributed by atoms with Gasteiger partial charge in [0.05, 0.1) is 0 Å². The van der Waals surface area contributed by atoms with Crippen molar-refractivity contribution in [3.05, 3.63) is 69.7 Å². The van der Waals surface area contributed by atoms with Crippen molar-refractivity contribution in [1.29, 1.82) is 5.41 Å². The molecule has 0 heterocycles. The van der Waals surface area contributed by atoms with Gasteiger partial charge in [-0.1, -0.05) is 48.9 Å². The summed E-state index contributed by atoms with van der Waals surface area (Å²) < 4.78 is 0. The fourth-order valence-electron chi connectivity index (χ4n) is 2.22. The maximum atomic E-state index is 7.74. The second kappa shape index (κ2) is 6.71. The van der Waals surface area contributed by atoms with E-state index in [1.165, 1.54) is 22.3 Å². The fourth-order valence-corrected chi connectivity index (χ4v) is 2.45. The minimum atomic E-state index is 0.761. The largest absolute Gasteiger partial charge is 0.309 e. The number of rotatable bonds is 5. The Labute approximate surface area is 126 Å². The topological polar surface area (TPSA) is 23.9 Å². The van der Waals surface area contributed by atoms with Crippen molar-refractivity contribution in [2.75, 3.05) is 0 Å². The summed E-state index contributed by atoms with van der Waals surface area (Å²) in [5.74, 6) is 0. The van der Waals surface area contributed by atoms with E-state index in [1.807, 2.05) is 19.1 Å². The van der Waals surface area contributed by atoms with Crippen LogP contribution < -0.4 is 0 Å². The number of nitrogens with one attached hydrogen (secondary N) is 1. The van der Waals surface area contributed by atoms with Crippen LogP contribution in [0.1, 0.15) is 35.6 Å². The van der Waals surface area contributed by atoms with E-state index in [9.17, 15) is 0 Å². The molecule has 0 aliphatic rings. The van der Waals surface area contributed by atoms with Crippen molar-refractivity contribution in [2.45, 2.75) is 33.1 Å². The molecule has 0 atom stereocenters. The van der Waals surface area contributed by atoms with Gasteiger partial charge in [-0.05, 0) is 54.2 Å². The van der Waals surface area contributed by atoms with Crippen molar-refractivity contribution in [1.82, 2.24) is 0 Å². The molecule has 0 bridgehead atoms. The van der Waals surface area contributed by atoms with Crippen molar-refractivity contribution >= 4 is 17.3 Å². The third kappa shape index (κ3) is 3.94. The van der Waals surface area contributed by atoms with Crippen LogP contribution in [0.4, 0.5) is 0 Å². The first-order valence-corrected chi connectivity index (χ1v) is 7.35. The number of halogens is 1. The van der Waals surface area contributed by atoms with Crippen LogP contribution in [0.3, 0.4) is 0 Å². The molecule has 0 amide bonds. The Morgan fingerprint density at radius 2 is 1.70 bits per heavy atom. The van der Waals surface area contributed by atoms with Gasteiger partial charge in [-0.15, -0.1) is 0 Å². The van der Waals surface area contributed by atoms with Crippen molar-refractivity contribution < 1.29 is 0 Å². The first kappa shape index (κ1) is 14.8. The predicted octanol–water partition coefficient (Wildman–Crippen LogP) is 5.21. The van der Waals surface area contributed by atoms with E-state index in [1.54, 1.807) is 0 Å². The second-order valence-corrected chi connectivity index (χ2v) is 5.63. The molecule has 2 aromatic carbocycles. The quantitative estimate of drug-likeness (QED) is 0.729. The van der Waals surface area contributed by atoms with Crippen molar-refractivity contribution in [2.24, 2.45) is 0 Å². The molecule has 20 heavy (non-hydrogen) atoms. The number of aryl methyl sites for hydroxylation is 1. The lowest BCUT2D eigenvalue weighted by Gasteiger charge is -2.08. The molecule has 0 aliphatic carbocycles. The molecule has 0 aliphatic heterocycles. The normalized spacial score (nSPS) is 10.6. The van der Waals surface area contributed by atoms with Crippen LogP contribution in [-0.4, -0.2) is 5.71 Å². The van der Waals surface area contributed by atoms with Gasteiger partial charge in [0.15, 0.2) is 0 Å². The van der Waals surface area contributed by atoms with E-state index in [0.717, 1.165) is 30.0 Å². The average molecular weight is 286 g/mol. The molecular weight excluding hydrogens is 266 g/mol. The summed E-state index contributed by atoms with van der Waals surface area (Å²) in [5, 5.41) is 8.53. The van der Waals surface area contributed by atoms with Crippen LogP contribution in [0.2, 0.25) is 5.02 Å². The van der Waals surface area contributed by atoms with Crippen LogP contribution >= 0.6 is 11.6 Å². The highest BCUT2D eigenvalue weighted by atomic mass is 35.5. The molecule has 0 saturated heterocycles. The van der Waals surface area contributed by atoms with Crippen LogP contribution in [0.25, 0.3) is 0 Å². The molecule has 2 rings (SSSR count). The summed E-state index contributed by atoms with van der Waals surface area (Å²) in [4.78, 5) is 0. The van der Waals surface area contributed by atoms with Gasteiger partial charge in [0.1, 0.15) is 0 Å². The molecule has 2 heteroatoms. The Hall–Kier alpha value is -1.60. The van der Waals surface area contributed by atoms with Gasteiger partial charge in [0.2, 0.25) is 0 Å². The van der Waals surface area contributed by atoms with Crippen molar-refractivity contribution in [3.63, 3.8) is 0 Å². The monoisotopic (exact) mass is 285 g/mol. The third-order valence-electron chi connectivity index (χ3n) is 3.57. The Bertz CT molecular complexity index is 599. The number of hydrogen-bond acceptors (Lipinski definition) is 1. The van der Waals surface area contributed by atoms with Gasteiger partial charge in [-0.2, -0.15) is 0 Å². The highest BCUT2D eigenvalue weighted by Crippen LogP contribution is 2.19. The van der Waals surface area contributed by atoms with Gasteiger partial charge in [0, 0.05) is 17.2 Å². The Kier molecular flexibility index (Phi) is 4.97. The average Bonchev–Trinajstić information content (AvgIpc) is 2.44. The molecule has 0 radical (unpaired) electrons. The predicted molar refractivity (Wildman–Crippen MR) is 87.2 cm³/mol. The lowest BCUT2D eigenvalue weighted by Crippen LogP contribution is -1.99. The first-order chi connectivity index (χ1) is 9.58. The van der Waals surface area contributed by atoms with E-state index in [-0.39, 0.29) is 0 Å². The highest BCUT2D eigenvalue weighted by molar-refractivity contribution is 6.30. The number of hydrogen-bond donors (Lipinski definition) is 1. The fraction of sp³-hybridized carbons (Fsp3) is 0.278. The summed E-state index contributed by atoms with van der Waals surface area (Å²) in [6, 6.07) is 14.6. The standard InChI is InChI=1S/C18H20ClN/c1-3-18(20)12-15-6-4-14(5-7-15)11-16-8-9-17(19)10-13(16)2/h4-10,20H,3,11-12H2,1-2H3. The van der Waals surface area contributed by atoms with Crippen molar-refractivity contribution in [3.8, 4) is 0 Å². The zero-order valence-electron chi connectivity index (χ0n) is 12.0. The van der Waals surface area contributed by atoms with E-state index < -0.39 is 0 Å². The SMILES string of the molecule is CCC(=N)Cc1ccc(Cc2ccc(Cl)cc2C)cc1. The Morgan fingerprint density at radius 3 is 2.30 bits per heavy atom. The lowest BCUT2D eigenvalue weighted by atomic mass is 9.98. The van der Waals surface area contributed by atoms with Crippen LogP contribution in [0.15, 0.2) is 42.5 Å². The first-order valence-electron chi connectivity index (χ1n) is 6.97. The lowest BCUT2D eigenvalue weighted by molar-refractivity contribution is 1.13. The molecule has 0 fully saturated rings. The van der Waals surface area contributed by atoms with Crippen LogP contribution in [0.5, 0.6) is 0 Å². The number of benzene rings is 2. The minimum Gasteiger partial charge on any atom is -0.309 e. The minimum absolute atomic E-state index is 0.761. The smallest absolute Gasteiger partial charge is 0.0408 e. The van der Waals surface area contributed by atoms with E-state index >= 15 is 0 Å². The molecule has 0 spiro atoms. The summed E-state index contributed by atoms with van der Waals surface area (Å²) >= 11 is 5.98. The third-order valence-corrected chi connectivity index (χ3v) is 3.80. The molecule has 0 unspecified atom stereocenters. The van der Waals surface area contributed by atoms with Gasteiger partial charge >= 0.3 is 0 Å². The second-order valence-electron chi connectivity index (χ2n) is 5.20. The van der Waals surface area contributed by atoms with Gasteiger partial charge in [-0.3, -0.25) is 0 Å². The summed E-state index contributed by atoms with van der Waals surface area (Å²) in [6.07, 6.45) is 2.51. The molecule has 0 saturated carbocycles. The van der Waals surface area contributed by atoms with E-state index in [4.69, 9.17) is 17.0 Å². The van der Waals surface area contributed by atoms with Gasteiger partial charge in [0.25, 0.3) is 0 Å². The van der Waals surface area contributed by atoms with E-state index in [0.29, 0.717) is 0 Å². The molecule has 104 valence electrons. The zero-order chi connectivity index (χ0) is 14.5. The Balaban J connectivity index is 2.08. The highest BCUT2D eigenvalue weighted by Gasteiger charge is 2.02. The maximum Gasteiger partial charge on any atom is 0.0408 e. The maximum absolute atomic E-state index is 7.74. The molecular formula is C18H20ClN.